The van der Waals surface area contributed by atoms with Gasteiger partial charge < -0.3 is 23.7 Å². The summed E-state index contributed by atoms with van der Waals surface area (Å²) in [6, 6.07) is 6.39. The first-order valence-corrected chi connectivity index (χ1v) is 12.7. The largest absolute Gasteiger partial charge is 0.514 e. The summed E-state index contributed by atoms with van der Waals surface area (Å²) in [6.45, 7) is 8.81. The van der Waals surface area contributed by atoms with Gasteiger partial charge in [0.05, 0.1) is 20.3 Å². The molecule has 0 radical (unpaired) electrons. The standard InChI is InChI=1S/C27H37ClO7/c1-6-8-10-18(3)16-32-26(29)34-23-15-24(31-5)25(21-13-12-20(28)14-22(21)23)35-27(30)33-17-19(4)11-9-7-2/h12-15,18-19H,6-11,16-17H2,1-5H3. The smallest absolute Gasteiger partial charge is 0.493 e. The average molecular weight is 509 g/mol. The molecule has 8 heteroatoms. The third-order valence-corrected chi connectivity index (χ3v) is 5.88. The number of unbranched alkanes of at least 4 members (excludes halogenated alkanes) is 2. The normalized spacial score (nSPS) is 12.6. The minimum absolute atomic E-state index is 0.152. The van der Waals surface area contributed by atoms with Crippen LogP contribution < -0.4 is 14.2 Å². The number of ether oxygens (including phenoxy) is 5. The average Bonchev–Trinajstić information content (AvgIpc) is 2.84. The molecule has 7 nitrogen and oxygen atoms in total. The van der Waals surface area contributed by atoms with E-state index in [9.17, 15) is 9.59 Å². The molecule has 2 unspecified atom stereocenters. The van der Waals surface area contributed by atoms with Crippen LogP contribution in [0.4, 0.5) is 9.59 Å². The van der Waals surface area contributed by atoms with Crippen LogP contribution in [0.2, 0.25) is 5.02 Å². The fraction of sp³-hybridized carbons (Fsp3) is 0.556. The van der Waals surface area contributed by atoms with Crippen LogP contribution >= 0.6 is 11.6 Å². The van der Waals surface area contributed by atoms with Gasteiger partial charge in [-0.1, -0.05) is 65.0 Å². The molecule has 0 spiro atoms. The van der Waals surface area contributed by atoms with Crippen LogP contribution in [0.15, 0.2) is 24.3 Å². The highest BCUT2D eigenvalue weighted by atomic mass is 35.5. The van der Waals surface area contributed by atoms with Crippen molar-refractivity contribution in [3.05, 3.63) is 29.3 Å². The molecule has 0 aliphatic rings. The first kappa shape index (κ1) is 28.6. The van der Waals surface area contributed by atoms with E-state index in [4.69, 9.17) is 35.3 Å². The van der Waals surface area contributed by atoms with Gasteiger partial charge in [0.15, 0.2) is 11.5 Å². The number of hydrogen-bond donors (Lipinski definition) is 0. The minimum atomic E-state index is -0.836. The Morgan fingerprint density at radius 1 is 0.829 bits per heavy atom. The Bertz CT molecular complexity index is 976. The van der Waals surface area contributed by atoms with Crippen LogP contribution in [0.1, 0.15) is 66.2 Å². The van der Waals surface area contributed by atoms with Crippen molar-refractivity contribution in [1.29, 1.82) is 0 Å². The first-order chi connectivity index (χ1) is 16.8. The lowest BCUT2D eigenvalue weighted by atomic mass is 10.1. The van der Waals surface area contributed by atoms with E-state index in [1.54, 1.807) is 18.2 Å². The highest BCUT2D eigenvalue weighted by Gasteiger charge is 2.22. The second kappa shape index (κ2) is 14.7. The Labute approximate surface area is 213 Å². The maximum Gasteiger partial charge on any atom is 0.514 e. The number of fused-ring (bicyclic) bond motifs is 1. The Balaban J connectivity index is 2.20. The van der Waals surface area contributed by atoms with Gasteiger partial charge in [-0.15, -0.1) is 0 Å². The fourth-order valence-corrected chi connectivity index (χ4v) is 3.75. The Morgan fingerprint density at radius 3 is 1.94 bits per heavy atom. The highest BCUT2D eigenvalue weighted by Crippen LogP contribution is 2.43. The monoisotopic (exact) mass is 508 g/mol. The van der Waals surface area contributed by atoms with Crippen molar-refractivity contribution in [3.63, 3.8) is 0 Å². The van der Waals surface area contributed by atoms with E-state index in [1.165, 1.54) is 13.2 Å². The molecule has 0 heterocycles. The maximum absolute atomic E-state index is 12.4. The van der Waals surface area contributed by atoms with Crippen LogP contribution in [-0.2, 0) is 9.47 Å². The lowest BCUT2D eigenvalue weighted by Gasteiger charge is -2.17. The Morgan fingerprint density at radius 2 is 1.40 bits per heavy atom. The van der Waals surface area contributed by atoms with Crippen molar-refractivity contribution in [2.75, 3.05) is 20.3 Å². The molecule has 2 aromatic carbocycles. The van der Waals surface area contributed by atoms with E-state index in [-0.39, 0.29) is 42.3 Å². The molecular weight excluding hydrogens is 472 g/mol. The van der Waals surface area contributed by atoms with Crippen molar-refractivity contribution in [3.8, 4) is 17.2 Å². The number of benzene rings is 2. The van der Waals surface area contributed by atoms with Gasteiger partial charge in [0.1, 0.15) is 5.75 Å². The SMILES string of the molecule is CCCCC(C)COC(=O)Oc1cc(OC)c(OC(=O)OCC(C)CCCC)c2ccc(Cl)cc12. The molecule has 0 aliphatic carbocycles. The topological polar surface area (TPSA) is 80.3 Å². The molecule has 2 rings (SSSR count). The van der Waals surface area contributed by atoms with Gasteiger partial charge in [-0.05, 0) is 42.9 Å². The summed E-state index contributed by atoms with van der Waals surface area (Å²) in [4.78, 5) is 24.8. The van der Waals surface area contributed by atoms with Crippen molar-refractivity contribution in [1.82, 2.24) is 0 Å². The molecule has 2 atom stereocenters. The van der Waals surface area contributed by atoms with Crippen molar-refractivity contribution >= 4 is 34.7 Å². The molecule has 2 aromatic rings. The van der Waals surface area contributed by atoms with Gasteiger partial charge in [0, 0.05) is 21.9 Å². The molecule has 0 bridgehead atoms. The van der Waals surface area contributed by atoms with E-state index < -0.39 is 12.3 Å². The van der Waals surface area contributed by atoms with Crippen LogP contribution in [0.25, 0.3) is 10.8 Å². The zero-order valence-electron chi connectivity index (χ0n) is 21.4. The van der Waals surface area contributed by atoms with E-state index in [0.29, 0.717) is 15.8 Å². The zero-order valence-corrected chi connectivity index (χ0v) is 22.1. The number of carbonyl (C=O) groups excluding carboxylic acids is 2. The van der Waals surface area contributed by atoms with Crippen molar-refractivity contribution in [2.45, 2.75) is 66.2 Å². The molecule has 0 amide bonds. The minimum Gasteiger partial charge on any atom is -0.493 e. The lowest BCUT2D eigenvalue weighted by molar-refractivity contribution is 0.0826. The summed E-state index contributed by atoms with van der Waals surface area (Å²) < 4.78 is 27.0. The Hall–Kier alpha value is -2.67. The third-order valence-electron chi connectivity index (χ3n) is 5.65. The quantitative estimate of drug-likeness (QED) is 0.199. The lowest BCUT2D eigenvalue weighted by Crippen LogP contribution is -2.17. The number of methoxy groups -OCH3 is 1. The van der Waals surface area contributed by atoms with Gasteiger partial charge in [-0.2, -0.15) is 0 Å². The number of carbonyl (C=O) groups is 2. The number of rotatable bonds is 13. The van der Waals surface area contributed by atoms with E-state index in [0.717, 1.165) is 38.5 Å². The van der Waals surface area contributed by atoms with Gasteiger partial charge in [0.2, 0.25) is 0 Å². The zero-order chi connectivity index (χ0) is 25.8. The third kappa shape index (κ3) is 9.13. The van der Waals surface area contributed by atoms with Gasteiger partial charge >= 0.3 is 12.3 Å². The summed E-state index contributed by atoms with van der Waals surface area (Å²) in [5, 5.41) is 1.37. The fourth-order valence-electron chi connectivity index (χ4n) is 3.58. The van der Waals surface area contributed by atoms with E-state index in [2.05, 4.69) is 13.8 Å². The maximum atomic E-state index is 12.4. The predicted molar refractivity (Wildman–Crippen MR) is 137 cm³/mol. The van der Waals surface area contributed by atoms with Crippen LogP contribution in [0.3, 0.4) is 0 Å². The van der Waals surface area contributed by atoms with Gasteiger partial charge in [-0.3, -0.25) is 0 Å². The number of halogens is 1. The second-order valence-electron chi connectivity index (χ2n) is 8.92. The molecule has 0 N–H and O–H groups in total. The van der Waals surface area contributed by atoms with E-state index >= 15 is 0 Å². The van der Waals surface area contributed by atoms with Crippen molar-refractivity contribution in [2.24, 2.45) is 11.8 Å². The predicted octanol–water partition coefficient (Wildman–Crippen LogP) is 8.19. The molecule has 35 heavy (non-hydrogen) atoms. The number of hydrogen-bond acceptors (Lipinski definition) is 7. The van der Waals surface area contributed by atoms with Gasteiger partial charge in [0.25, 0.3) is 0 Å². The van der Waals surface area contributed by atoms with Crippen LogP contribution in [0, 0.1) is 11.8 Å². The summed E-state index contributed by atoms with van der Waals surface area (Å²) in [5.74, 6) is 0.995. The molecule has 0 aromatic heterocycles. The summed E-state index contributed by atoms with van der Waals surface area (Å²) >= 11 is 6.20. The van der Waals surface area contributed by atoms with Crippen LogP contribution in [-0.4, -0.2) is 32.6 Å². The van der Waals surface area contributed by atoms with E-state index in [1.807, 2.05) is 13.8 Å². The van der Waals surface area contributed by atoms with Crippen LogP contribution in [0.5, 0.6) is 17.2 Å². The molecule has 0 fully saturated rings. The molecule has 0 saturated heterocycles. The molecular formula is C27H37ClO7. The highest BCUT2D eigenvalue weighted by molar-refractivity contribution is 6.31. The summed E-state index contributed by atoms with van der Waals surface area (Å²) in [6.07, 6.45) is 4.58. The molecule has 0 aliphatic heterocycles. The molecule has 194 valence electrons. The Kier molecular flexibility index (Phi) is 12.0. The summed E-state index contributed by atoms with van der Waals surface area (Å²) in [7, 11) is 1.43. The first-order valence-electron chi connectivity index (χ1n) is 12.3. The second-order valence-corrected chi connectivity index (χ2v) is 9.35. The molecule has 0 saturated carbocycles. The summed E-state index contributed by atoms with van der Waals surface area (Å²) in [5.41, 5.74) is 0. The van der Waals surface area contributed by atoms with Crippen molar-refractivity contribution < 1.29 is 33.3 Å². The van der Waals surface area contributed by atoms with Gasteiger partial charge in [-0.25, -0.2) is 9.59 Å².